The molecule has 29 heavy (non-hydrogen) atoms. The molecule has 1 atom stereocenters. The maximum absolute atomic E-state index is 12.9. The van der Waals surface area contributed by atoms with Gasteiger partial charge in [0.2, 0.25) is 0 Å². The van der Waals surface area contributed by atoms with Crippen LogP contribution in [0.15, 0.2) is 30.6 Å². The Kier molecular flexibility index (Phi) is 6.06. The van der Waals surface area contributed by atoms with Crippen LogP contribution in [0.5, 0.6) is 0 Å². The lowest BCUT2D eigenvalue weighted by molar-refractivity contribution is -0.137. The molecule has 1 aromatic heterocycles. The molecule has 0 spiro atoms. The minimum Gasteiger partial charge on any atom is -0.355 e. The molecule has 0 saturated carbocycles. The first kappa shape index (κ1) is 20.6. The molecule has 3 rings (SSSR count). The molecule has 154 valence electrons. The fourth-order valence-corrected chi connectivity index (χ4v) is 3.05. The average Bonchev–Trinajstić information content (AvgIpc) is 3.32. The van der Waals surface area contributed by atoms with Gasteiger partial charge in [0.25, 0.3) is 0 Å². The third kappa shape index (κ3) is 5.47. The molecule has 4 N–H and O–H groups in total. The van der Waals surface area contributed by atoms with Gasteiger partial charge < -0.3 is 15.5 Å². The van der Waals surface area contributed by atoms with Crippen molar-refractivity contribution in [2.45, 2.75) is 18.6 Å². The summed E-state index contributed by atoms with van der Waals surface area (Å²) < 4.78 is 38.7. The zero-order chi connectivity index (χ0) is 21.0. The smallest absolute Gasteiger partial charge is 0.355 e. The number of carbonyl (C=O) groups is 1. The minimum absolute atomic E-state index is 0.0168. The van der Waals surface area contributed by atoms with Crippen LogP contribution in [0.1, 0.15) is 17.8 Å². The minimum atomic E-state index is -4.61. The molecule has 1 saturated heterocycles. The van der Waals surface area contributed by atoms with Gasteiger partial charge >= 0.3 is 12.2 Å². The van der Waals surface area contributed by atoms with Gasteiger partial charge in [-0.3, -0.25) is 10.5 Å². The monoisotopic (exact) mass is 427 g/mol. The van der Waals surface area contributed by atoms with E-state index >= 15 is 0 Å². The van der Waals surface area contributed by atoms with Gasteiger partial charge in [-0.2, -0.15) is 18.3 Å². The number of rotatable bonds is 4. The van der Waals surface area contributed by atoms with E-state index in [4.69, 9.17) is 17.0 Å². The summed E-state index contributed by atoms with van der Waals surface area (Å²) in [5.74, 6) is 0.766. The summed E-state index contributed by atoms with van der Waals surface area (Å²) in [5.41, 5.74) is -1.03. The van der Waals surface area contributed by atoms with Crippen molar-refractivity contribution in [2.24, 2.45) is 0 Å². The van der Waals surface area contributed by atoms with Crippen molar-refractivity contribution in [3.8, 4) is 0 Å². The molecule has 8 nitrogen and oxygen atoms in total. The van der Waals surface area contributed by atoms with E-state index in [9.17, 15) is 18.0 Å². The Morgan fingerprint density at radius 1 is 1.41 bits per heavy atom. The van der Waals surface area contributed by atoms with Gasteiger partial charge in [0, 0.05) is 24.8 Å². The summed E-state index contributed by atoms with van der Waals surface area (Å²) in [7, 11) is 0. The highest BCUT2D eigenvalue weighted by molar-refractivity contribution is 6.31. The number of hydrogen-bond donors (Lipinski definition) is 4. The summed E-state index contributed by atoms with van der Waals surface area (Å²) >= 11 is 5.57. The zero-order valence-corrected chi connectivity index (χ0v) is 15.7. The average molecular weight is 428 g/mol. The third-order valence-electron chi connectivity index (χ3n) is 4.23. The van der Waals surface area contributed by atoms with Crippen LogP contribution >= 0.6 is 11.6 Å². The molecule has 2 amide bonds. The van der Waals surface area contributed by atoms with Crippen molar-refractivity contribution in [3.05, 3.63) is 47.0 Å². The number of benzene rings is 1. The van der Waals surface area contributed by atoms with Crippen molar-refractivity contribution in [3.63, 3.8) is 0 Å². The largest absolute Gasteiger partial charge is 0.417 e. The van der Waals surface area contributed by atoms with E-state index in [0.29, 0.717) is 25.3 Å². The summed E-state index contributed by atoms with van der Waals surface area (Å²) in [4.78, 5) is 17.8. The van der Waals surface area contributed by atoms with Crippen LogP contribution in [0.25, 0.3) is 6.08 Å². The quantitative estimate of drug-likeness (QED) is 0.443. The Balaban J connectivity index is 1.52. The first-order valence-electron chi connectivity index (χ1n) is 8.53. The Morgan fingerprint density at radius 3 is 2.90 bits per heavy atom. The van der Waals surface area contributed by atoms with E-state index in [1.165, 1.54) is 12.4 Å². The molecule has 0 aliphatic carbocycles. The van der Waals surface area contributed by atoms with Gasteiger partial charge in [-0.15, -0.1) is 0 Å². The van der Waals surface area contributed by atoms with Gasteiger partial charge in [-0.1, -0.05) is 11.6 Å². The predicted octanol–water partition coefficient (Wildman–Crippen LogP) is 3.36. The molecule has 0 radical (unpaired) electrons. The maximum atomic E-state index is 12.9. The molecule has 2 heterocycles. The van der Waals surface area contributed by atoms with Crippen LogP contribution in [0.3, 0.4) is 0 Å². The highest BCUT2D eigenvalue weighted by atomic mass is 35.5. The number of alkyl halides is 3. The second-order valence-electron chi connectivity index (χ2n) is 6.31. The van der Waals surface area contributed by atoms with Crippen molar-refractivity contribution < 1.29 is 18.0 Å². The van der Waals surface area contributed by atoms with Gasteiger partial charge in [-0.25, -0.2) is 9.78 Å². The standard InChI is InChI=1S/C17H17ClF3N7O/c18-13-2-1-10(7-12(13)17(19,20)21)25-16(29)26-11-5-6-28(8-11)14(22)3-4-15-23-9-24-27-15/h1-4,7,9,11,22H,5-6,8H2,(H,23,24,27)(H2,25,26,29)/b4-3-,22-14?. The van der Waals surface area contributed by atoms with E-state index < -0.39 is 22.8 Å². The van der Waals surface area contributed by atoms with Gasteiger partial charge in [0.1, 0.15) is 18.0 Å². The second-order valence-corrected chi connectivity index (χ2v) is 6.72. The lowest BCUT2D eigenvalue weighted by Gasteiger charge is -2.18. The lowest BCUT2D eigenvalue weighted by Crippen LogP contribution is -2.40. The van der Waals surface area contributed by atoms with Gasteiger partial charge in [0.05, 0.1) is 10.6 Å². The fourth-order valence-electron chi connectivity index (χ4n) is 2.83. The highest BCUT2D eigenvalue weighted by Crippen LogP contribution is 2.36. The number of halogens is 4. The first-order chi connectivity index (χ1) is 13.7. The molecule has 1 unspecified atom stereocenters. The van der Waals surface area contributed by atoms with Crippen LogP contribution in [0, 0.1) is 5.41 Å². The van der Waals surface area contributed by atoms with E-state index in [2.05, 4.69) is 25.8 Å². The van der Waals surface area contributed by atoms with Crippen molar-refractivity contribution in [1.82, 2.24) is 25.4 Å². The van der Waals surface area contributed by atoms with E-state index in [1.54, 1.807) is 17.1 Å². The Hall–Kier alpha value is -3.08. The number of amidine groups is 1. The van der Waals surface area contributed by atoms with Crippen LogP contribution in [-0.2, 0) is 6.18 Å². The molecule has 1 fully saturated rings. The predicted molar refractivity (Wildman–Crippen MR) is 102 cm³/mol. The molecule has 12 heteroatoms. The number of urea groups is 1. The maximum Gasteiger partial charge on any atom is 0.417 e. The lowest BCUT2D eigenvalue weighted by atomic mass is 10.2. The summed E-state index contributed by atoms with van der Waals surface area (Å²) in [6.07, 6.45) is 0.518. The summed E-state index contributed by atoms with van der Waals surface area (Å²) in [6, 6.07) is 2.29. The molecule has 0 bridgehead atoms. The van der Waals surface area contributed by atoms with Crippen LogP contribution in [0.2, 0.25) is 5.02 Å². The van der Waals surface area contributed by atoms with E-state index in [-0.39, 0.29) is 17.6 Å². The topological polar surface area (TPSA) is 110 Å². The van der Waals surface area contributed by atoms with Crippen molar-refractivity contribution in [1.29, 1.82) is 5.41 Å². The Morgan fingerprint density at radius 2 is 2.21 bits per heavy atom. The van der Waals surface area contributed by atoms with E-state index in [1.807, 2.05) is 0 Å². The SMILES string of the molecule is N=C(/C=C\c1ncn[nH]1)N1CCC(NC(=O)Nc2ccc(Cl)c(C(F)(F)F)c2)C1. The van der Waals surface area contributed by atoms with Gasteiger partial charge in [-0.05, 0) is 36.8 Å². The van der Waals surface area contributed by atoms with Crippen LogP contribution < -0.4 is 10.6 Å². The number of H-pyrrole nitrogens is 1. The number of anilines is 1. The number of nitrogens with zero attached hydrogens (tertiary/aromatic N) is 3. The Labute approximate surface area is 168 Å². The number of amides is 2. The van der Waals surface area contributed by atoms with Gasteiger partial charge in [0.15, 0.2) is 0 Å². The number of hydrogen-bond acceptors (Lipinski definition) is 4. The molecular weight excluding hydrogens is 411 g/mol. The second kappa shape index (κ2) is 8.52. The normalized spacial score (nSPS) is 17.0. The fraction of sp³-hybridized carbons (Fsp3) is 0.294. The number of aromatic nitrogens is 3. The van der Waals surface area contributed by atoms with Crippen LogP contribution in [-0.4, -0.2) is 51.1 Å². The number of carbonyl (C=O) groups excluding carboxylic acids is 1. The molecule has 1 aliphatic heterocycles. The van der Waals surface area contributed by atoms with Crippen LogP contribution in [0.4, 0.5) is 23.7 Å². The molecule has 1 aliphatic rings. The third-order valence-corrected chi connectivity index (χ3v) is 4.56. The number of nitrogens with one attached hydrogen (secondary N) is 4. The van der Waals surface area contributed by atoms with Crippen molar-refractivity contribution >= 4 is 35.2 Å². The molecular formula is C17H17ClF3N7O. The molecule has 2 aromatic rings. The summed E-state index contributed by atoms with van der Waals surface area (Å²) in [6.45, 7) is 0.963. The van der Waals surface area contributed by atoms with Crippen molar-refractivity contribution in [2.75, 3.05) is 18.4 Å². The number of aromatic amines is 1. The Bertz CT molecular complexity index is 914. The van der Waals surface area contributed by atoms with E-state index in [0.717, 1.165) is 12.1 Å². The highest BCUT2D eigenvalue weighted by Gasteiger charge is 2.33. The first-order valence-corrected chi connectivity index (χ1v) is 8.91. The number of likely N-dealkylation sites (tertiary alicyclic amines) is 1. The summed E-state index contributed by atoms with van der Waals surface area (Å²) in [5, 5.41) is 19.1. The molecule has 1 aromatic carbocycles. The zero-order valence-electron chi connectivity index (χ0n) is 14.9.